The molecule has 19 heavy (non-hydrogen) atoms. The first-order chi connectivity index (χ1) is 9.10. The number of thiocarbonyl (C=S) groups is 1. The van der Waals surface area contributed by atoms with Gasteiger partial charge in [-0.1, -0.05) is 12.2 Å². The molecule has 0 aromatic carbocycles. The van der Waals surface area contributed by atoms with Gasteiger partial charge in [0.1, 0.15) is 10.8 Å². The highest BCUT2D eigenvalue weighted by molar-refractivity contribution is 7.80. The van der Waals surface area contributed by atoms with Crippen LogP contribution in [0.3, 0.4) is 0 Å². The molecule has 0 aliphatic heterocycles. The van der Waals surface area contributed by atoms with E-state index >= 15 is 0 Å². The van der Waals surface area contributed by atoms with Crippen LogP contribution in [0.2, 0.25) is 0 Å². The number of hydrogen-bond donors (Lipinski definition) is 1. The summed E-state index contributed by atoms with van der Waals surface area (Å²) in [6.07, 6.45) is 1.71. The van der Waals surface area contributed by atoms with Crippen molar-refractivity contribution in [3.63, 3.8) is 0 Å². The largest absolute Gasteiger partial charge is 0.389 e. The molecule has 1 heterocycles. The van der Waals surface area contributed by atoms with Crippen molar-refractivity contribution in [1.82, 2.24) is 4.98 Å². The molecule has 2 N–H and O–H groups in total. The van der Waals surface area contributed by atoms with E-state index in [-0.39, 0.29) is 6.04 Å². The molecule has 1 atom stereocenters. The van der Waals surface area contributed by atoms with Crippen molar-refractivity contribution >= 4 is 23.0 Å². The van der Waals surface area contributed by atoms with Gasteiger partial charge in [0, 0.05) is 32.5 Å². The van der Waals surface area contributed by atoms with Gasteiger partial charge in [0.05, 0.1) is 19.3 Å². The fourth-order valence-corrected chi connectivity index (χ4v) is 1.94. The molecule has 0 spiro atoms. The molecule has 1 aromatic heterocycles. The van der Waals surface area contributed by atoms with Gasteiger partial charge >= 0.3 is 0 Å². The average Bonchev–Trinajstić information content (AvgIpc) is 2.40. The average molecular weight is 283 g/mol. The lowest BCUT2D eigenvalue weighted by atomic mass is 10.2. The first-order valence-electron chi connectivity index (χ1n) is 6.10. The second-order valence-corrected chi connectivity index (χ2v) is 4.70. The predicted molar refractivity (Wildman–Crippen MR) is 80.7 cm³/mol. The van der Waals surface area contributed by atoms with Crippen LogP contribution in [0, 0.1) is 0 Å². The molecule has 1 rings (SSSR count). The first kappa shape index (κ1) is 15.8. The van der Waals surface area contributed by atoms with E-state index in [2.05, 4.69) is 16.8 Å². The quantitative estimate of drug-likeness (QED) is 0.724. The van der Waals surface area contributed by atoms with Gasteiger partial charge in [-0.3, -0.25) is 0 Å². The van der Waals surface area contributed by atoms with E-state index in [1.165, 1.54) is 0 Å². The van der Waals surface area contributed by atoms with Gasteiger partial charge in [0.2, 0.25) is 0 Å². The maximum Gasteiger partial charge on any atom is 0.129 e. The molecular weight excluding hydrogens is 262 g/mol. The Hall–Kier alpha value is -1.24. The Morgan fingerprint density at radius 2 is 2.21 bits per heavy atom. The number of ether oxygens (including phenoxy) is 2. The summed E-state index contributed by atoms with van der Waals surface area (Å²) in [4.78, 5) is 6.87. The Kier molecular flexibility index (Phi) is 6.69. The van der Waals surface area contributed by atoms with Crippen LogP contribution >= 0.6 is 12.2 Å². The van der Waals surface area contributed by atoms with Crippen molar-refractivity contribution in [3.05, 3.63) is 23.9 Å². The third-order valence-corrected chi connectivity index (χ3v) is 3.04. The minimum atomic E-state index is 0.189. The van der Waals surface area contributed by atoms with Crippen LogP contribution < -0.4 is 10.6 Å². The third kappa shape index (κ3) is 4.74. The summed E-state index contributed by atoms with van der Waals surface area (Å²) >= 11 is 4.99. The lowest BCUT2D eigenvalue weighted by molar-refractivity contribution is 0.170. The van der Waals surface area contributed by atoms with Crippen molar-refractivity contribution in [1.29, 1.82) is 0 Å². The van der Waals surface area contributed by atoms with Crippen molar-refractivity contribution in [3.8, 4) is 0 Å². The van der Waals surface area contributed by atoms with Crippen LogP contribution in [0.15, 0.2) is 18.3 Å². The Labute approximate surface area is 119 Å². The zero-order valence-electron chi connectivity index (χ0n) is 11.6. The number of rotatable bonds is 8. The molecular formula is C13H21N3O2S. The standard InChI is InChI=1S/C13H21N3O2S/c1-10(9-18-3)16(6-7-17-2)12-8-11(13(14)19)4-5-15-12/h4-5,8,10H,6-7,9H2,1-3H3,(H2,14,19). The van der Waals surface area contributed by atoms with E-state index in [0.29, 0.717) is 18.2 Å². The fraction of sp³-hybridized carbons (Fsp3) is 0.538. The van der Waals surface area contributed by atoms with Crippen molar-refractivity contribution < 1.29 is 9.47 Å². The molecule has 0 bridgehead atoms. The Bertz CT molecular complexity index is 415. The molecule has 0 amide bonds. The van der Waals surface area contributed by atoms with E-state index in [9.17, 15) is 0 Å². The summed E-state index contributed by atoms with van der Waals surface area (Å²) in [5, 5.41) is 0. The van der Waals surface area contributed by atoms with E-state index in [1.807, 2.05) is 6.07 Å². The number of methoxy groups -OCH3 is 2. The van der Waals surface area contributed by atoms with E-state index in [1.54, 1.807) is 26.5 Å². The predicted octanol–water partition coefficient (Wildman–Crippen LogP) is 1.20. The topological polar surface area (TPSA) is 60.6 Å². The summed E-state index contributed by atoms with van der Waals surface area (Å²) in [5.74, 6) is 0.826. The first-order valence-corrected chi connectivity index (χ1v) is 6.51. The van der Waals surface area contributed by atoms with Crippen molar-refractivity contribution in [2.45, 2.75) is 13.0 Å². The van der Waals surface area contributed by atoms with Crippen LogP contribution in [-0.4, -0.2) is 50.0 Å². The summed E-state index contributed by atoms with van der Waals surface area (Å²) in [6.45, 7) is 4.04. The van der Waals surface area contributed by atoms with E-state index in [4.69, 9.17) is 27.4 Å². The molecule has 0 radical (unpaired) electrons. The molecule has 0 aliphatic rings. The van der Waals surface area contributed by atoms with Crippen LogP contribution in [-0.2, 0) is 9.47 Å². The van der Waals surface area contributed by atoms with Gasteiger partial charge in [-0.15, -0.1) is 0 Å². The van der Waals surface area contributed by atoms with E-state index in [0.717, 1.165) is 17.9 Å². The molecule has 1 aromatic rings. The molecule has 5 nitrogen and oxygen atoms in total. The maximum atomic E-state index is 5.65. The smallest absolute Gasteiger partial charge is 0.129 e. The SMILES string of the molecule is COCCN(c1cc(C(N)=S)ccn1)C(C)COC. The zero-order valence-corrected chi connectivity index (χ0v) is 12.4. The molecule has 0 saturated heterocycles. The Morgan fingerprint density at radius 3 is 2.79 bits per heavy atom. The number of nitrogens with zero attached hydrogens (tertiary/aromatic N) is 2. The van der Waals surface area contributed by atoms with Crippen molar-refractivity contribution in [2.75, 3.05) is 38.9 Å². The summed E-state index contributed by atoms with van der Waals surface area (Å²) in [6, 6.07) is 3.89. The van der Waals surface area contributed by atoms with Gasteiger partial charge in [0.15, 0.2) is 0 Å². The normalized spacial score (nSPS) is 12.2. The monoisotopic (exact) mass is 283 g/mol. The Morgan fingerprint density at radius 1 is 1.47 bits per heavy atom. The number of anilines is 1. The number of nitrogens with two attached hydrogens (primary N) is 1. The van der Waals surface area contributed by atoms with Gasteiger partial charge in [-0.05, 0) is 19.1 Å². The van der Waals surface area contributed by atoms with Crippen LogP contribution in [0.4, 0.5) is 5.82 Å². The van der Waals surface area contributed by atoms with Crippen molar-refractivity contribution in [2.24, 2.45) is 5.73 Å². The lowest BCUT2D eigenvalue weighted by Crippen LogP contribution is -2.39. The molecule has 6 heteroatoms. The second-order valence-electron chi connectivity index (χ2n) is 4.26. The number of pyridine rings is 1. The highest BCUT2D eigenvalue weighted by Gasteiger charge is 2.16. The lowest BCUT2D eigenvalue weighted by Gasteiger charge is -2.29. The Balaban J connectivity index is 2.95. The molecule has 0 saturated carbocycles. The maximum absolute atomic E-state index is 5.65. The molecule has 106 valence electrons. The van der Waals surface area contributed by atoms with Gasteiger partial charge in [-0.2, -0.15) is 0 Å². The van der Waals surface area contributed by atoms with Gasteiger partial charge < -0.3 is 20.1 Å². The molecule has 0 fully saturated rings. The van der Waals surface area contributed by atoms with Crippen LogP contribution in [0.25, 0.3) is 0 Å². The third-order valence-electron chi connectivity index (χ3n) is 2.80. The van der Waals surface area contributed by atoms with Gasteiger partial charge in [-0.25, -0.2) is 4.98 Å². The minimum Gasteiger partial charge on any atom is -0.389 e. The zero-order chi connectivity index (χ0) is 14.3. The molecule has 1 unspecified atom stereocenters. The summed E-state index contributed by atoms with van der Waals surface area (Å²) in [7, 11) is 3.36. The second kappa shape index (κ2) is 8.04. The molecule has 0 aliphatic carbocycles. The number of hydrogen-bond acceptors (Lipinski definition) is 5. The number of aromatic nitrogens is 1. The highest BCUT2D eigenvalue weighted by atomic mass is 32.1. The van der Waals surface area contributed by atoms with Crippen LogP contribution in [0.1, 0.15) is 12.5 Å². The summed E-state index contributed by atoms with van der Waals surface area (Å²) in [5.41, 5.74) is 6.47. The minimum absolute atomic E-state index is 0.189. The summed E-state index contributed by atoms with van der Waals surface area (Å²) < 4.78 is 10.3. The highest BCUT2D eigenvalue weighted by Crippen LogP contribution is 2.16. The fourth-order valence-electron chi connectivity index (χ4n) is 1.81. The van der Waals surface area contributed by atoms with E-state index < -0.39 is 0 Å². The van der Waals surface area contributed by atoms with Crippen LogP contribution in [0.5, 0.6) is 0 Å². The van der Waals surface area contributed by atoms with Gasteiger partial charge in [0.25, 0.3) is 0 Å².